The molecule has 0 amide bonds. The smallest absolute Gasteiger partial charge is 0.191 e. The summed E-state index contributed by atoms with van der Waals surface area (Å²) in [5.41, 5.74) is 2.09. The number of hydrogen-bond acceptors (Lipinski definition) is 4. The highest BCUT2D eigenvalue weighted by atomic mass is 19.1. The zero-order valence-electron chi connectivity index (χ0n) is 18.0. The molecular formula is C23H31FN4O2. The lowest BCUT2D eigenvalue weighted by molar-refractivity contribution is 0.393. The molecule has 3 rings (SSSR count). The number of halogens is 1. The average molecular weight is 415 g/mol. The topological polar surface area (TPSA) is 58.1 Å². The summed E-state index contributed by atoms with van der Waals surface area (Å²) < 4.78 is 23.9. The third-order valence-electron chi connectivity index (χ3n) is 5.21. The normalized spacial score (nSPS) is 15.1. The van der Waals surface area contributed by atoms with Crippen LogP contribution in [0.4, 0.5) is 10.1 Å². The van der Waals surface area contributed by atoms with Crippen molar-refractivity contribution in [3.8, 4) is 11.5 Å². The molecule has 0 aromatic heterocycles. The van der Waals surface area contributed by atoms with E-state index in [1.54, 1.807) is 26.4 Å². The van der Waals surface area contributed by atoms with Gasteiger partial charge in [0.1, 0.15) is 17.3 Å². The molecule has 6 nitrogen and oxygen atoms in total. The fourth-order valence-corrected chi connectivity index (χ4v) is 3.53. The highest BCUT2D eigenvalue weighted by Gasteiger charge is 2.21. The fraction of sp³-hybridized carbons (Fsp3) is 0.435. The van der Waals surface area contributed by atoms with Crippen molar-refractivity contribution in [1.29, 1.82) is 0 Å². The van der Waals surface area contributed by atoms with E-state index in [9.17, 15) is 4.39 Å². The molecule has 0 bridgehead atoms. The van der Waals surface area contributed by atoms with E-state index in [2.05, 4.69) is 20.5 Å². The van der Waals surface area contributed by atoms with Gasteiger partial charge in [-0.25, -0.2) is 9.38 Å². The molecule has 1 fully saturated rings. The minimum atomic E-state index is -0.229. The number of piperidine rings is 1. The zero-order valence-corrected chi connectivity index (χ0v) is 18.0. The number of ether oxygens (including phenoxy) is 2. The third kappa shape index (κ3) is 6.02. The largest absolute Gasteiger partial charge is 0.497 e. The second-order valence-corrected chi connectivity index (χ2v) is 7.30. The van der Waals surface area contributed by atoms with Crippen LogP contribution in [0.2, 0.25) is 0 Å². The summed E-state index contributed by atoms with van der Waals surface area (Å²) in [6, 6.07) is 12.8. The number of nitrogens with zero attached hydrogens (tertiary/aromatic N) is 2. The number of anilines is 1. The van der Waals surface area contributed by atoms with Gasteiger partial charge >= 0.3 is 0 Å². The Morgan fingerprint density at radius 3 is 2.27 bits per heavy atom. The monoisotopic (exact) mass is 414 g/mol. The summed E-state index contributed by atoms with van der Waals surface area (Å²) in [7, 11) is 3.34. The van der Waals surface area contributed by atoms with Gasteiger partial charge in [-0.15, -0.1) is 0 Å². The molecule has 7 heteroatoms. The van der Waals surface area contributed by atoms with Crippen molar-refractivity contribution in [3.05, 3.63) is 53.8 Å². The second kappa shape index (κ2) is 10.7. The van der Waals surface area contributed by atoms with Crippen molar-refractivity contribution in [3.63, 3.8) is 0 Å². The maximum Gasteiger partial charge on any atom is 0.191 e. The zero-order chi connectivity index (χ0) is 21.3. The van der Waals surface area contributed by atoms with E-state index in [0.29, 0.717) is 12.6 Å². The van der Waals surface area contributed by atoms with Crippen LogP contribution >= 0.6 is 0 Å². The lowest BCUT2D eigenvalue weighted by Crippen LogP contribution is -2.48. The first-order chi connectivity index (χ1) is 14.6. The number of nitrogens with one attached hydrogen (secondary N) is 2. The van der Waals surface area contributed by atoms with E-state index in [1.165, 1.54) is 12.1 Å². The molecule has 1 aliphatic rings. The van der Waals surface area contributed by atoms with Gasteiger partial charge in [0.15, 0.2) is 5.96 Å². The summed E-state index contributed by atoms with van der Waals surface area (Å²) in [6.07, 6.45) is 2.00. The molecule has 162 valence electrons. The quantitative estimate of drug-likeness (QED) is 0.536. The van der Waals surface area contributed by atoms with Crippen LogP contribution in [0.5, 0.6) is 11.5 Å². The van der Waals surface area contributed by atoms with Gasteiger partial charge in [-0.3, -0.25) is 0 Å². The van der Waals surface area contributed by atoms with E-state index < -0.39 is 0 Å². The number of hydrogen-bond donors (Lipinski definition) is 2. The Kier molecular flexibility index (Phi) is 7.76. The molecule has 0 atom stereocenters. The molecule has 2 aromatic rings. The van der Waals surface area contributed by atoms with Crippen LogP contribution in [0.3, 0.4) is 0 Å². The first-order valence-corrected chi connectivity index (χ1v) is 10.4. The summed E-state index contributed by atoms with van der Waals surface area (Å²) in [6.45, 7) is 5.22. The average Bonchev–Trinajstić information content (AvgIpc) is 2.78. The Morgan fingerprint density at radius 1 is 1.07 bits per heavy atom. The predicted molar refractivity (Wildman–Crippen MR) is 119 cm³/mol. The number of aliphatic imine (C=N–C) groups is 1. The van der Waals surface area contributed by atoms with Crippen LogP contribution in [-0.4, -0.2) is 45.9 Å². The van der Waals surface area contributed by atoms with Crippen LogP contribution in [0.15, 0.2) is 47.5 Å². The van der Waals surface area contributed by atoms with Gasteiger partial charge in [0, 0.05) is 49.6 Å². The Morgan fingerprint density at radius 2 is 1.70 bits per heavy atom. The van der Waals surface area contributed by atoms with E-state index in [0.717, 1.165) is 61.2 Å². The van der Waals surface area contributed by atoms with E-state index in [1.807, 2.05) is 25.1 Å². The molecule has 0 aliphatic carbocycles. The summed E-state index contributed by atoms with van der Waals surface area (Å²) >= 11 is 0. The first-order valence-electron chi connectivity index (χ1n) is 10.4. The van der Waals surface area contributed by atoms with Gasteiger partial charge in [-0.2, -0.15) is 0 Å². The van der Waals surface area contributed by atoms with Gasteiger partial charge < -0.3 is 25.0 Å². The summed E-state index contributed by atoms with van der Waals surface area (Å²) in [5.74, 6) is 2.16. The van der Waals surface area contributed by atoms with Gasteiger partial charge in [-0.05, 0) is 37.5 Å². The van der Waals surface area contributed by atoms with Gasteiger partial charge in [-0.1, -0.05) is 12.1 Å². The molecule has 1 saturated heterocycles. The Labute approximate surface area is 178 Å². The Balaban J connectivity index is 1.58. The van der Waals surface area contributed by atoms with Crippen molar-refractivity contribution >= 4 is 11.6 Å². The van der Waals surface area contributed by atoms with Crippen LogP contribution in [0.1, 0.15) is 25.3 Å². The molecule has 2 N–H and O–H groups in total. The summed E-state index contributed by atoms with van der Waals surface area (Å²) in [5, 5.41) is 6.85. The Bertz CT molecular complexity index is 811. The summed E-state index contributed by atoms with van der Waals surface area (Å²) in [4.78, 5) is 7.01. The van der Waals surface area contributed by atoms with Crippen molar-refractivity contribution in [2.75, 3.05) is 38.8 Å². The SMILES string of the molecule is CCNC(=NCc1ccc(F)cc1)NC1CCN(c2cc(OC)cc(OC)c2)CC1. The van der Waals surface area contributed by atoms with Crippen molar-refractivity contribution < 1.29 is 13.9 Å². The third-order valence-corrected chi connectivity index (χ3v) is 5.21. The number of guanidine groups is 1. The standard InChI is InChI=1S/C23H31FN4O2/c1-4-25-23(26-16-17-5-7-18(24)8-6-17)27-19-9-11-28(12-10-19)20-13-21(29-2)15-22(14-20)30-3/h5-8,13-15,19H,4,9-12,16H2,1-3H3,(H2,25,26,27). The van der Waals surface area contributed by atoms with Gasteiger partial charge in [0.05, 0.1) is 20.8 Å². The lowest BCUT2D eigenvalue weighted by atomic mass is 10.0. The molecular weight excluding hydrogens is 383 g/mol. The molecule has 0 radical (unpaired) electrons. The second-order valence-electron chi connectivity index (χ2n) is 7.30. The minimum absolute atomic E-state index is 0.229. The van der Waals surface area contributed by atoms with Crippen LogP contribution in [0, 0.1) is 5.82 Å². The van der Waals surface area contributed by atoms with Crippen LogP contribution in [0.25, 0.3) is 0 Å². The minimum Gasteiger partial charge on any atom is -0.497 e. The number of benzene rings is 2. The molecule has 2 aromatic carbocycles. The fourth-order valence-electron chi connectivity index (χ4n) is 3.53. The molecule has 1 aliphatic heterocycles. The van der Waals surface area contributed by atoms with Gasteiger partial charge in [0.2, 0.25) is 0 Å². The van der Waals surface area contributed by atoms with Crippen molar-refractivity contribution in [1.82, 2.24) is 10.6 Å². The van der Waals surface area contributed by atoms with Gasteiger partial charge in [0.25, 0.3) is 0 Å². The lowest BCUT2D eigenvalue weighted by Gasteiger charge is -2.34. The Hall–Kier alpha value is -2.96. The number of methoxy groups -OCH3 is 2. The van der Waals surface area contributed by atoms with Crippen molar-refractivity contribution in [2.45, 2.75) is 32.4 Å². The first kappa shape index (κ1) is 21.7. The highest BCUT2D eigenvalue weighted by molar-refractivity contribution is 5.80. The van der Waals surface area contributed by atoms with E-state index in [4.69, 9.17) is 9.47 Å². The van der Waals surface area contributed by atoms with E-state index in [-0.39, 0.29) is 5.82 Å². The predicted octanol–water partition coefficient (Wildman–Crippen LogP) is 3.57. The number of rotatable bonds is 7. The molecule has 0 saturated carbocycles. The van der Waals surface area contributed by atoms with Crippen LogP contribution < -0.4 is 25.0 Å². The molecule has 1 heterocycles. The maximum atomic E-state index is 13.1. The molecule has 30 heavy (non-hydrogen) atoms. The van der Waals surface area contributed by atoms with Crippen molar-refractivity contribution in [2.24, 2.45) is 4.99 Å². The van der Waals surface area contributed by atoms with E-state index >= 15 is 0 Å². The highest BCUT2D eigenvalue weighted by Crippen LogP contribution is 2.30. The van der Waals surface area contributed by atoms with Crippen LogP contribution in [-0.2, 0) is 6.54 Å². The molecule has 0 spiro atoms. The molecule has 0 unspecified atom stereocenters. The maximum absolute atomic E-state index is 13.1.